The van der Waals surface area contributed by atoms with Crippen LogP contribution in [0.4, 0.5) is 0 Å². The molecule has 0 bridgehead atoms. The molecule has 187 valence electrons. The van der Waals surface area contributed by atoms with E-state index >= 15 is 0 Å². The van der Waals surface area contributed by atoms with E-state index in [9.17, 15) is 24.0 Å². The number of imide groups is 1. The lowest BCUT2D eigenvalue weighted by Crippen LogP contribution is -2.55. The lowest BCUT2D eigenvalue weighted by atomic mass is 10.1. The number of guanidine groups is 1. The number of hydrogen-bond donors (Lipinski definition) is 6. The first-order valence-electron chi connectivity index (χ1n) is 10.3. The topological polar surface area (TPSA) is 227 Å². The Bertz CT molecular complexity index is 675. The van der Waals surface area contributed by atoms with E-state index in [0.717, 1.165) is 6.92 Å². The molecule has 0 aromatic heterocycles. The average Bonchev–Trinajstić information content (AvgIpc) is 2.74. The van der Waals surface area contributed by atoms with Gasteiger partial charge in [0.2, 0.25) is 12.2 Å². The molecular weight excluding hydrogens is 440 g/mol. The molecule has 0 aliphatic heterocycles. The van der Waals surface area contributed by atoms with E-state index in [4.69, 9.17) is 31.5 Å². The van der Waals surface area contributed by atoms with Gasteiger partial charge < -0.3 is 36.7 Å². The Morgan fingerprint density at radius 3 is 2.36 bits per heavy atom. The van der Waals surface area contributed by atoms with Crippen molar-refractivity contribution in [3.05, 3.63) is 0 Å². The molecule has 1 radical (unpaired) electrons. The van der Waals surface area contributed by atoms with Crippen molar-refractivity contribution in [3.8, 4) is 0 Å². The molecule has 0 heterocycles. The van der Waals surface area contributed by atoms with E-state index in [0.29, 0.717) is 18.1 Å². The fourth-order valence-electron chi connectivity index (χ4n) is 2.68. The van der Waals surface area contributed by atoms with Crippen LogP contribution >= 0.6 is 0 Å². The normalized spacial score (nSPS) is 12.3. The minimum absolute atomic E-state index is 0.00735. The summed E-state index contributed by atoms with van der Waals surface area (Å²) in [6, 6.07) is -2.67. The van der Waals surface area contributed by atoms with Gasteiger partial charge >= 0.3 is 5.97 Å². The molecular formula is C19H33N6O8. The van der Waals surface area contributed by atoms with Gasteiger partial charge in [0.15, 0.2) is 5.96 Å². The second kappa shape index (κ2) is 17.5. The van der Waals surface area contributed by atoms with Crippen molar-refractivity contribution in [1.29, 1.82) is 5.41 Å². The van der Waals surface area contributed by atoms with Crippen LogP contribution in [-0.4, -0.2) is 97.5 Å². The van der Waals surface area contributed by atoms with Crippen LogP contribution in [0.3, 0.4) is 0 Å². The lowest BCUT2D eigenvalue weighted by molar-refractivity contribution is -0.152. The van der Waals surface area contributed by atoms with E-state index in [-0.39, 0.29) is 45.0 Å². The molecule has 3 amide bonds. The Morgan fingerprint density at radius 2 is 1.82 bits per heavy atom. The summed E-state index contributed by atoms with van der Waals surface area (Å²) in [6.45, 7) is 1.58. The maximum atomic E-state index is 13.1. The summed E-state index contributed by atoms with van der Waals surface area (Å²) in [4.78, 5) is 60.6. The van der Waals surface area contributed by atoms with Gasteiger partial charge in [-0.05, 0) is 19.3 Å². The van der Waals surface area contributed by atoms with Crippen molar-refractivity contribution in [1.82, 2.24) is 15.5 Å². The number of carbonyl (C=O) groups excluding carboxylic acids is 4. The molecule has 33 heavy (non-hydrogen) atoms. The fourth-order valence-corrected chi connectivity index (χ4v) is 2.68. The summed E-state index contributed by atoms with van der Waals surface area (Å²) in [7, 11) is 0. The van der Waals surface area contributed by atoms with Crippen LogP contribution in [0.5, 0.6) is 0 Å². The number of nitrogens with one attached hydrogen (secondary N) is 3. The number of rotatable bonds is 18. The molecule has 0 rings (SSSR count). The predicted molar refractivity (Wildman–Crippen MR) is 116 cm³/mol. The third kappa shape index (κ3) is 13.8. The number of hydrogen-bond acceptors (Lipinski definition) is 9. The van der Waals surface area contributed by atoms with E-state index in [1.54, 1.807) is 6.29 Å². The summed E-state index contributed by atoms with van der Waals surface area (Å²) in [5.74, 6) is -3.91. The maximum Gasteiger partial charge on any atom is 0.303 e. The van der Waals surface area contributed by atoms with E-state index in [1.165, 1.54) is 0 Å². The van der Waals surface area contributed by atoms with E-state index in [2.05, 4.69) is 10.6 Å². The lowest BCUT2D eigenvalue weighted by Gasteiger charge is -2.30. The Labute approximate surface area is 191 Å². The molecule has 14 heteroatoms. The zero-order valence-electron chi connectivity index (χ0n) is 18.6. The molecule has 0 aliphatic rings. The number of nitrogens with two attached hydrogens (primary N) is 2. The summed E-state index contributed by atoms with van der Waals surface area (Å²) in [5.41, 5.74) is 10.5. The summed E-state index contributed by atoms with van der Waals surface area (Å²) in [6.07, 6.45) is 1.15. The summed E-state index contributed by atoms with van der Waals surface area (Å²) in [5, 5.41) is 20.9. The molecule has 0 saturated carbocycles. The number of carboxylic acids is 1. The van der Waals surface area contributed by atoms with Gasteiger partial charge in [-0.1, -0.05) is 0 Å². The van der Waals surface area contributed by atoms with Crippen molar-refractivity contribution in [2.45, 2.75) is 44.7 Å². The predicted octanol–water partition coefficient (Wildman–Crippen LogP) is -2.56. The van der Waals surface area contributed by atoms with Gasteiger partial charge in [-0.3, -0.25) is 34.3 Å². The summed E-state index contributed by atoms with van der Waals surface area (Å²) >= 11 is 0. The third-order valence-electron chi connectivity index (χ3n) is 4.11. The fraction of sp³-hybridized carbons (Fsp3) is 0.684. The Hall–Kier alpha value is -3.10. The molecule has 0 spiro atoms. The Balaban J connectivity index is 5.45. The quantitative estimate of drug-likeness (QED) is 0.0689. The van der Waals surface area contributed by atoms with Crippen molar-refractivity contribution >= 4 is 35.9 Å². The molecule has 0 aromatic rings. The highest BCUT2D eigenvalue weighted by molar-refractivity contribution is 6.01. The first-order valence-corrected chi connectivity index (χ1v) is 10.3. The van der Waals surface area contributed by atoms with Crippen molar-refractivity contribution in [2.24, 2.45) is 11.5 Å². The third-order valence-corrected chi connectivity index (χ3v) is 4.11. The molecule has 2 atom stereocenters. The highest BCUT2D eigenvalue weighted by Gasteiger charge is 2.35. The van der Waals surface area contributed by atoms with Gasteiger partial charge in [0.05, 0.1) is 19.8 Å². The second-order valence-corrected chi connectivity index (χ2v) is 6.86. The Morgan fingerprint density at radius 1 is 1.15 bits per heavy atom. The van der Waals surface area contributed by atoms with Gasteiger partial charge in [0.25, 0.3) is 11.8 Å². The van der Waals surface area contributed by atoms with Crippen LogP contribution in [0, 0.1) is 5.41 Å². The number of aliphatic carboxylic acids is 1. The van der Waals surface area contributed by atoms with Gasteiger partial charge in [0, 0.05) is 26.4 Å². The monoisotopic (exact) mass is 473 g/mol. The van der Waals surface area contributed by atoms with Crippen LogP contribution in [0.1, 0.15) is 32.6 Å². The zero-order valence-corrected chi connectivity index (χ0v) is 18.6. The van der Waals surface area contributed by atoms with Gasteiger partial charge in [-0.15, -0.1) is 0 Å². The number of ether oxygens (including phenoxy) is 2. The van der Waals surface area contributed by atoms with Crippen LogP contribution in [0.2, 0.25) is 0 Å². The molecule has 8 N–H and O–H groups in total. The number of nitrogens with zero attached hydrogens (tertiary/aromatic N) is 1. The van der Waals surface area contributed by atoms with Crippen LogP contribution < -0.4 is 22.1 Å². The van der Waals surface area contributed by atoms with E-state index in [1.807, 2.05) is 0 Å². The minimum Gasteiger partial charge on any atom is -0.481 e. The first kappa shape index (κ1) is 29.9. The minimum atomic E-state index is -1.35. The molecule has 0 aromatic carbocycles. The molecule has 0 unspecified atom stereocenters. The molecule has 0 fully saturated rings. The zero-order chi connectivity index (χ0) is 25.2. The van der Waals surface area contributed by atoms with Gasteiger partial charge in [0.1, 0.15) is 18.7 Å². The number of carbonyl (C=O) groups is 4. The highest BCUT2D eigenvalue weighted by atomic mass is 16.5. The van der Waals surface area contributed by atoms with Gasteiger partial charge in [-0.25, -0.2) is 0 Å². The maximum absolute atomic E-state index is 13.1. The molecule has 0 aliphatic carbocycles. The largest absolute Gasteiger partial charge is 0.481 e. The summed E-state index contributed by atoms with van der Waals surface area (Å²) < 4.78 is 10.3. The first-order chi connectivity index (χ1) is 15.6. The number of carboxylic acid groups (broad SMARTS) is 1. The number of amides is 3. The second-order valence-electron chi connectivity index (χ2n) is 6.86. The van der Waals surface area contributed by atoms with E-state index < -0.39 is 48.8 Å². The standard InChI is InChI=1S/C19H33N6O8/c1-13(27)24-15(4-5-17(29)30)18(31)25(14(11-26)3-2-7-23-19(21)22)16(28)12-33-10-9-32-8-6-20/h14-15H,2-10,12,20H2,1H3,(H,24,27)(H,29,30)(H4,21,22,23)/t14-,15-/m0/s1. The van der Waals surface area contributed by atoms with Gasteiger partial charge in [-0.2, -0.15) is 0 Å². The van der Waals surface area contributed by atoms with Crippen LogP contribution in [0.15, 0.2) is 0 Å². The molecule has 14 nitrogen and oxygen atoms in total. The van der Waals surface area contributed by atoms with Crippen molar-refractivity contribution < 1.29 is 38.6 Å². The Kier molecular flexibility index (Phi) is 15.8. The molecule has 0 saturated heterocycles. The SMILES string of the molecule is CC(=O)N[C@@H](CCC(=O)O)C(=O)N(C(=O)COCCOCCN)[C@H]([C]=O)CCCNC(=N)N. The van der Waals surface area contributed by atoms with Crippen LogP contribution in [0.25, 0.3) is 0 Å². The van der Waals surface area contributed by atoms with Crippen LogP contribution in [-0.2, 0) is 33.4 Å². The average molecular weight is 474 g/mol. The highest BCUT2D eigenvalue weighted by Crippen LogP contribution is 2.12. The van der Waals surface area contributed by atoms with Crippen molar-refractivity contribution in [2.75, 3.05) is 39.5 Å². The van der Waals surface area contributed by atoms with Crippen molar-refractivity contribution in [3.63, 3.8) is 0 Å². The smallest absolute Gasteiger partial charge is 0.303 e.